The number of thioether (sulfide) groups is 1. The molecule has 0 unspecified atom stereocenters. The molecule has 1 fully saturated rings. The summed E-state index contributed by atoms with van der Waals surface area (Å²) in [5.74, 6) is -1.36. The van der Waals surface area contributed by atoms with Crippen molar-refractivity contribution in [3.8, 4) is 0 Å². The summed E-state index contributed by atoms with van der Waals surface area (Å²) in [6.45, 7) is 0.940. The molecule has 0 aromatic carbocycles. The Kier molecular flexibility index (Phi) is 6.25. The van der Waals surface area contributed by atoms with Gasteiger partial charge in [-0.1, -0.05) is 0 Å². The van der Waals surface area contributed by atoms with Gasteiger partial charge in [-0.3, -0.25) is 0 Å². The Balaban J connectivity index is 1.79. The van der Waals surface area contributed by atoms with Crippen molar-refractivity contribution in [3.63, 3.8) is 0 Å². The molecule has 0 atom stereocenters. The molecule has 0 radical (unpaired) electrons. The van der Waals surface area contributed by atoms with E-state index < -0.39 is 18.6 Å². The second-order valence-electron chi connectivity index (χ2n) is 7.00. The molecule has 1 aliphatic rings. The fourth-order valence-corrected chi connectivity index (χ4v) is 3.86. The number of imidazole rings is 1. The van der Waals surface area contributed by atoms with E-state index in [0.29, 0.717) is 17.1 Å². The minimum Gasteiger partial charge on any atom is -0.371 e. The van der Waals surface area contributed by atoms with E-state index in [2.05, 4.69) is 15.3 Å². The predicted molar refractivity (Wildman–Crippen MR) is 103 cm³/mol. The summed E-state index contributed by atoms with van der Waals surface area (Å²) >= 11 is 1.46. The van der Waals surface area contributed by atoms with Gasteiger partial charge in [-0.15, -0.1) is 11.8 Å². The number of nitrogens with one attached hydrogen (secondary N) is 1. The quantitative estimate of drug-likeness (QED) is 0.530. The van der Waals surface area contributed by atoms with Crippen molar-refractivity contribution in [2.45, 2.75) is 42.6 Å². The van der Waals surface area contributed by atoms with Gasteiger partial charge in [0, 0.05) is 50.5 Å². The molecule has 1 aliphatic heterocycles. The van der Waals surface area contributed by atoms with Crippen LogP contribution in [0, 0.1) is 6.92 Å². The summed E-state index contributed by atoms with van der Waals surface area (Å²) < 4.78 is 66.6. The van der Waals surface area contributed by atoms with Crippen LogP contribution in [0.2, 0.25) is 0 Å². The highest BCUT2D eigenvalue weighted by Gasteiger charge is 2.34. The third-order valence-corrected chi connectivity index (χ3v) is 5.85. The Hall–Kier alpha value is -2.04. The van der Waals surface area contributed by atoms with Crippen LogP contribution in [0.4, 0.5) is 33.5 Å². The van der Waals surface area contributed by atoms with Gasteiger partial charge in [-0.25, -0.2) is 18.7 Å². The lowest BCUT2D eigenvalue weighted by atomic mass is 10.1. The average molecular weight is 435 g/mol. The number of piperidine rings is 1. The van der Waals surface area contributed by atoms with Gasteiger partial charge in [0.15, 0.2) is 0 Å². The van der Waals surface area contributed by atoms with Crippen molar-refractivity contribution < 1.29 is 22.0 Å². The van der Waals surface area contributed by atoms with Crippen molar-refractivity contribution in [1.82, 2.24) is 14.5 Å². The van der Waals surface area contributed by atoms with Crippen LogP contribution in [0.25, 0.3) is 0 Å². The molecule has 2 aromatic rings. The van der Waals surface area contributed by atoms with Gasteiger partial charge in [0.1, 0.15) is 18.2 Å². The van der Waals surface area contributed by atoms with Crippen LogP contribution in [0.15, 0.2) is 23.4 Å². The van der Waals surface area contributed by atoms with Crippen LogP contribution in [0.3, 0.4) is 0 Å². The topological polar surface area (TPSA) is 46.0 Å². The summed E-state index contributed by atoms with van der Waals surface area (Å²) in [6, 6.07) is 3.23. The molecule has 2 aromatic heterocycles. The fraction of sp³-hybridized carbons (Fsp3) is 0.556. The zero-order chi connectivity index (χ0) is 21.2. The van der Waals surface area contributed by atoms with Crippen molar-refractivity contribution in [1.29, 1.82) is 0 Å². The van der Waals surface area contributed by atoms with Crippen molar-refractivity contribution in [3.05, 3.63) is 29.8 Å². The van der Waals surface area contributed by atoms with E-state index in [0.717, 1.165) is 10.9 Å². The Labute approximate surface area is 169 Å². The van der Waals surface area contributed by atoms with Crippen LogP contribution >= 0.6 is 11.8 Å². The van der Waals surface area contributed by atoms with Gasteiger partial charge in [-0.2, -0.15) is 13.2 Å². The number of alkyl halides is 5. The van der Waals surface area contributed by atoms with E-state index in [-0.39, 0.29) is 31.7 Å². The minimum atomic E-state index is -4.38. The number of rotatable bonds is 6. The van der Waals surface area contributed by atoms with Gasteiger partial charge in [-0.05, 0) is 13.0 Å². The highest BCUT2D eigenvalue weighted by atomic mass is 32.2. The molecule has 3 heterocycles. The van der Waals surface area contributed by atoms with Crippen molar-refractivity contribution >= 4 is 23.3 Å². The van der Waals surface area contributed by atoms with Gasteiger partial charge >= 0.3 is 6.18 Å². The molecule has 1 saturated heterocycles. The lowest BCUT2D eigenvalue weighted by molar-refractivity contribution is -0.115. The third kappa shape index (κ3) is 5.97. The zero-order valence-electron chi connectivity index (χ0n) is 16.1. The maximum Gasteiger partial charge on any atom is 0.405 e. The summed E-state index contributed by atoms with van der Waals surface area (Å²) in [6.07, 6.45) is -3.22. The van der Waals surface area contributed by atoms with E-state index in [4.69, 9.17) is 0 Å². The first-order chi connectivity index (χ1) is 13.5. The van der Waals surface area contributed by atoms with Crippen molar-refractivity contribution in [2.24, 2.45) is 7.05 Å². The average Bonchev–Trinajstić information content (AvgIpc) is 2.96. The summed E-state index contributed by atoms with van der Waals surface area (Å²) in [4.78, 5) is 10.3. The van der Waals surface area contributed by atoms with Gasteiger partial charge in [0.05, 0.1) is 16.9 Å². The molecule has 0 bridgehead atoms. The van der Waals surface area contributed by atoms with Gasteiger partial charge in [0.2, 0.25) is 0 Å². The van der Waals surface area contributed by atoms with E-state index in [1.54, 1.807) is 17.2 Å². The smallest absolute Gasteiger partial charge is 0.371 e. The number of pyridine rings is 1. The highest BCUT2D eigenvalue weighted by molar-refractivity contribution is 7.98. The van der Waals surface area contributed by atoms with E-state index in [1.165, 1.54) is 17.8 Å². The van der Waals surface area contributed by atoms with Crippen LogP contribution in [-0.4, -0.2) is 46.3 Å². The first-order valence-corrected chi connectivity index (χ1v) is 10.1. The number of hydrogen-bond acceptors (Lipinski definition) is 5. The molecule has 1 N–H and O–H groups in total. The molecule has 5 nitrogen and oxygen atoms in total. The predicted octanol–water partition coefficient (Wildman–Crippen LogP) is 4.63. The Morgan fingerprint density at radius 1 is 1.21 bits per heavy atom. The normalized spacial score (nSPS) is 16.9. The Morgan fingerprint density at radius 3 is 2.48 bits per heavy atom. The number of aryl methyl sites for hydroxylation is 1. The van der Waals surface area contributed by atoms with Crippen molar-refractivity contribution in [2.75, 3.05) is 29.9 Å². The molecular weight excluding hydrogens is 413 g/mol. The SMILES string of the molecule is Cc1ncc(SCc2cc(N3CCC(F)(F)CC3)cc(NCC(F)(F)F)n2)n1C. The first-order valence-electron chi connectivity index (χ1n) is 9.08. The minimum absolute atomic E-state index is 0.0777. The lowest BCUT2D eigenvalue weighted by Crippen LogP contribution is -2.39. The molecule has 3 rings (SSSR count). The number of aromatic nitrogens is 3. The van der Waals surface area contributed by atoms with Crippen LogP contribution in [0.5, 0.6) is 0 Å². The Morgan fingerprint density at radius 2 is 1.90 bits per heavy atom. The molecule has 29 heavy (non-hydrogen) atoms. The second-order valence-corrected chi connectivity index (χ2v) is 8.00. The molecule has 0 spiro atoms. The molecular formula is C18H22F5N5S. The highest BCUT2D eigenvalue weighted by Crippen LogP contribution is 2.32. The monoisotopic (exact) mass is 435 g/mol. The summed E-state index contributed by atoms with van der Waals surface area (Å²) in [7, 11) is 1.87. The maximum atomic E-state index is 13.5. The maximum absolute atomic E-state index is 13.5. The lowest BCUT2D eigenvalue weighted by Gasteiger charge is -2.33. The van der Waals surface area contributed by atoms with Gasteiger partial charge in [0.25, 0.3) is 5.92 Å². The summed E-state index contributed by atoms with van der Waals surface area (Å²) in [5.41, 5.74) is 1.16. The summed E-state index contributed by atoms with van der Waals surface area (Å²) in [5, 5.41) is 3.20. The number of anilines is 2. The van der Waals surface area contributed by atoms with E-state index in [9.17, 15) is 22.0 Å². The standard InChI is InChI=1S/C18H22F5N5S/c1-12-24-9-16(27(12)2)29-10-13-7-14(28-5-3-17(19,20)4-6-28)8-15(26-13)25-11-18(21,22)23/h7-9H,3-6,10-11H2,1-2H3,(H,25,26). The number of halogens is 5. The second kappa shape index (κ2) is 8.37. The van der Waals surface area contributed by atoms with Crippen LogP contribution < -0.4 is 10.2 Å². The number of hydrogen-bond donors (Lipinski definition) is 1. The van der Waals surface area contributed by atoms with E-state index >= 15 is 0 Å². The first kappa shape index (κ1) is 21.7. The van der Waals surface area contributed by atoms with Gasteiger partial charge < -0.3 is 14.8 Å². The van der Waals surface area contributed by atoms with Crippen LogP contribution in [0.1, 0.15) is 24.4 Å². The number of nitrogens with zero attached hydrogens (tertiary/aromatic N) is 4. The zero-order valence-corrected chi connectivity index (χ0v) is 16.9. The van der Waals surface area contributed by atoms with Crippen LogP contribution in [-0.2, 0) is 12.8 Å². The largest absolute Gasteiger partial charge is 0.405 e. The third-order valence-electron chi connectivity index (χ3n) is 4.74. The fourth-order valence-electron chi connectivity index (χ4n) is 2.96. The molecule has 0 amide bonds. The molecule has 0 aliphatic carbocycles. The molecule has 160 valence electrons. The molecule has 11 heteroatoms. The molecule has 0 saturated carbocycles. The Bertz CT molecular complexity index is 842. The van der Waals surface area contributed by atoms with E-state index in [1.807, 2.05) is 18.5 Å².